The number of allylic oxidation sites excluding steroid dienone is 1. The molecule has 1 heterocycles. The second kappa shape index (κ2) is 9.24. The molecular formula is C27H25O2P. The van der Waals surface area contributed by atoms with Crippen molar-refractivity contribution in [2.24, 2.45) is 0 Å². The van der Waals surface area contributed by atoms with Crippen LogP contribution in [-0.2, 0) is 14.9 Å². The number of carbonyl (C=O) groups excluding carboxylic acids is 1. The van der Waals surface area contributed by atoms with E-state index < -0.39 is 5.41 Å². The molecule has 0 fully saturated rings. The van der Waals surface area contributed by atoms with E-state index in [4.69, 9.17) is 4.74 Å². The summed E-state index contributed by atoms with van der Waals surface area (Å²) < 4.78 is 5.20. The fourth-order valence-electron chi connectivity index (χ4n) is 4.29. The van der Waals surface area contributed by atoms with E-state index in [-0.39, 0.29) is 5.97 Å². The van der Waals surface area contributed by atoms with Crippen LogP contribution in [-0.4, -0.2) is 24.0 Å². The van der Waals surface area contributed by atoms with Gasteiger partial charge in [-0.2, -0.15) is 0 Å². The van der Waals surface area contributed by atoms with Crippen LogP contribution in [0, 0.1) is 0 Å². The molecule has 0 radical (unpaired) electrons. The van der Waals surface area contributed by atoms with Gasteiger partial charge >= 0.3 is 5.97 Å². The largest absolute Gasteiger partial charge is 0.466 e. The molecule has 0 aliphatic carbocycles. The third-order valence-electron chi connectivity index (χ3n) is 5.53. The maximum atomic E-state index is 12.2. The molecule has 30 heavy (non-hydrogen) atoms. The minimum absolute atomic E-state index is 0.176. The van der Waals surface area contributed by atoms with E-state index in [0.717, 1.165) is 6.16 Å². The Balaban J connectivity index is 1.94. The van der Waals surface area contributed by atoms with Crippen molar-refractivity contribution in [1.82, 2.24) is 0 Å². The lowest BCUT2D eigenvalue weighted by Gasteiger charge is -2.36. The van der Waals surface area contributed by atoms with Crippen LogP contribution in [0.15, 0.2) is 103 Å². The van der Waals surface area contributed by atoms with Crippen LogP contribution in [0.4, 0.5) is 0 Å². The molecule has 2 nitrogen and oxygen atoms in total. The summed E-state index contributed by atoms with van der Waals surface area (Å²) in [5.74, 6) is -0.176. The molecule has 1 aliphatic rings. The van der Waals surface area contributed by atoms with Gasteiger partial charge in [0.25, 0.3) is 0 Å². The van der Waals surface area contributed by atoms with Crippen molar-refractivity contribution in [3.63, 3.8) is 0 Å². The van der Waals surface area contributed by atoms with Gasteiger partial charge in [0.05, 0.1) is 18.4 Å². The van der Waals surface area contributed by atoms with Gasteiger partial charge in [0, 0.05) is 11.5 Å². The Kier molecular flexibility index (Phi) is 6.26. The second-order valence-corrected chi connectivity index (χ2v) is 8.33. The highest BCUT2D eigenvalue weighted by Gasteiger charge is 2.45. The quantitative estimate of drug-likeness (QED) is 0.281. The predicted octanol–water partition coefficient (Wildman–Crippen LogP) is 6.03. The number of esters is 1. The molecule has 0 aromatic heterocycles. The molecule has 0 bridgehead atoms. The first-order valence-electron chi connectivity index (χ1n) is 10.3. The molecule has 0 amide bonds. The van der Waals surface area contributed by atoms with E-state index in [9.17, 15) is 4.79 Å². The van der Waals surface area contributed by atoms with Crippen LogP contribution in [0.2, 0.25) is 0 Å². The summed E-state index contributed by atoms with van der Waals surface area (Å²) in [6.45, 7) is 2.25. The lowest BCUT2D eigenvalue weighted by molar-refractivity contribution is -0.142. The van der Waals surface area contributed by atoms with Crippen LogP contribution >= 0.6 is 8.20 Å². The molecule has 0 saturated carbocycles. The van der Waals surface area contributed by atoms with E-state index in [1.54, 1.807) is 0 Å². The van der Waals surface area contributed by atoms with E-state index in [1.165, 1.54) is 35.8 Å². The monoisotopic (exact) mass is 412 g/mol. The molecule has 4 rings (SSSR count). The molecule has 3 aromatic rings. The smallest absolute Gasteiger partial charge is 0.309 e. The third-order valence-corrected chi connectivity index (χ3v) is 6.93. The van der Waals surface area contributed by atoms with Crippen molar-refractivity contribution in [2.75, 3.05) is 12.8 Å². The standard InChI is InChI=1S/C27H25O2P/c1-2-29-25(28)19-18-24-20-30-26(21-12-6-3-7-13-21)27(24,22-14-8-4-9-15-22)23-16-10-5-11-17-23/h3-18H,2,19-20H2,1H3. The minimum Gasteiger partial charge on any atom is -0.466 e. The van der Waals surface area contributed by atoms with Crippen molar-refractivity contribution in [3.8, 4) is 0 Å². The predicted molar refractivity (Wildman–Crippen MR) is 125 cm³/mol. The number of rotatable bonds is 6. The molecule has 1 aliphatic heterocycles. The molecule has 0 N–H and O–H groups in total. The summed E-state index contributed by atoms with van der Waals surface area (Å²) in [7, 11) is 1.26. The molecular weight excluding hydrogens is 387 g/mol. The molecule has 3 aromatic carbocycles. The molecule has 150 valence electrons. The van der Waals surface area contributed by atoms with Crippen LogP contribution in [0.25, 0.3) is 0 Å². The zero-order chi connectivity index (χ0) is 20.8. The van der Waals surface area contributed by atoms with Gasteiger partial charge in [0.2, 0.25) is 0 Å². The van der Waals surface area contributed by atoms with Gasteiger partial charge in [-0.25, -0.2) is 0 Å². The van der Waals surface area contributed by atoms with Crippen LogP contribution < -0.4 is 0 Å². The van der Waals surface area contributed by atoms with E-state index >= 15 is 0 Å². The number of carbonyl (C=O) groups is 1. The molecule has 0 saturated heterocycles. The van der Waals surface area contributed by atoms with Crippen molar-refractivity contribution in [1.29, 1.82) is 0 Å². The molecule has 0 spiro atoms. The molecule has 0 unspecified atom stereocenters. The van der Waals surface area contributed by atoms with Gasteiger partial charge in [-0.3, -0.25) is 4.79 Å². The summed E-state index contributed by atoms with van der Waals surface area (Å²) in [6.07, 6.45) is 3.29. The maximum Gasteiger partial charge on any atom is 0.309 e. The Hall–Kier alpha value is -2.96. The molecule has 0 atom stereocenters. The number of hydrogen-bond acceptors (Lipinski definition) is 2. The lowest BCUT2D eigenvalue weighted by Crippen LogP contribution is -2.36. The van der Waals surface area contributed by atoms with Gasteiger partial charge in [-0.1, -0.05) is 105 Å². The first kappa shape index (κ1) is 20.3. The zero-order valence-corrected chi connectivity index (χ0v) is 18.0. The Morgan fingerprint density at radius 1 is 0.900 bits per heavy atom. The Labute approximate surface area is 180 Å². The van der Waals surface area contributed by atoms with Crippen molar-refractivity contribution in [3.05, 3.63) is 119 Å². The summed E-state index contributed by atoms with van der Waals surface area (Å²) in [5.41, 5.74) is 4.57. The maximum absolute atomic E-state index is 12.2. The topological polar surface area (TPSA) is 26.3 Å². The normalized spacial score (nSPS) is 16.8. The fraction of sp³-hybridized carbons (Fsp3) is 0.185. The summed E-state index contributed by atoms with van der Waals surface area (Å²) in [6, 6.07) is 31.9. The minimum atomic E-state index is -0.391. The van der Waals surface area contributed by atoms with Crippen molar-refractivity contribution in [2.45, 2.75) is 18.8 Å². The van der Waals surface area contributed by atoms with E-state index in [0.29, 0.717) is 13.0 Å². The van der Waals surface area contributed by atoms with Crippen LogP contribution in [0.5, 0.6) is 0 Å². The number of hydrogen-bond donors (Lipinski definition) is 0. The third kappa shape index (κ3) is 3.76. The van der Waals surface area contributed by atoms with Crippen LogP contribution in [0.3, 0.4) is 0 Å². The first-order chi connectivity index (χ1) is 14.8. The zero-order valence-electron chi connectivity index (χ0n) is 17.1. The Morgan fingerprint density at radius 2 is 1.43 bits per heavy atom. The van der Waals surface area contributed by atoms with Gasteiger partial charge in [-0.05, 0) is 29.2 Å². The number of benzene rings is 3. The van der Waals surface area contributed by atoms with Crippen LogP contribution in [0.1, 0.15) is 30.0 Å². The summed E-state index contributed by atoms with van der Waals surface area (Å²) in [5, 5.41) is 1.36. The SMILES string of the molecule is CCOC(=O)CC=C1CP=C(c2ccccc2)C1(c1ccccc1)c1ccccc1. The van der Waals surface area contributed by atoms with Crippen molar-refractivity contribution < 1.29 is 9.53 Å². The first-order valence-corrected chi connectivity index (χ1v) is 11.4. The van der Waals surface area contributed by atoms with Gasteiger partial charge in [0.1, 0.15) is 0 Å². The summed E-state index contributed by atoms with van der Waals surface area (Å²) >= 11 is 0. The Bertz CT molecular complexity index is 1010. The fourth-order valence-corrected chi connectivity index (χ4v) is 5.95. The van der Waals surface area contributed by atoms with E-state index in [2.05, 4.69) is 97.1 Å². The second-order valence-electron chi connectivity index (χ2n) is 7.25. The van der Waals surface area contributed by atoms with Gasteiger partial charge in [0.15, 0.2) is 0 Å². The molecule has 3 heteroatoms. The van der Waals surface area contributed by atoms with Gasteiger partial charge < -0.3 is 4.74 Å². The number of ether oxygens (including phenoxy) is 1. The summed E-state index contributed by atoms with van der Waals surface area (Å²) in [4.78, 5) is 12.2. The highest BCUT2D eigenvalue weighted by atomic mass is 31.1. The van der Waals surface area contributed by atoms with Gasteiger partial charge in [-0.15, -0.1) is 0 Å². The lowest BCUT2D eigenvalue weighted by atomic mass is 9.66. The average Bonchev–Trinajstić information content (AvgIpc) is 3.20. The van der Waals surface area contributed by atoms with E-state index in [1.807, 2.05) is 6.92 Å². The highest BCUT2D eigenvalue weighted by molar-refractivity contribution is 7.43. The van der Waals surface area contributed by atoms with Crippen molar-refractivity contribution >= 4 is 19.5 Å². The average molecular weight is 412 g/mol. The highest BCUT2D eigenvalue weighted by Crippen LogP contribution is 2.50. The Morgan fingerprint density at radius 3 is 1.97 bits per heavy atom.